The molecule has 23 heavy (non-hydrogen) atoms. The van der Waals surface area contributed by atoms with E-state index >= 15 is 0 Å². The molecule has 1 aliphatic rings. The minimum Gasteiger partial charge on any atom is -0.316 e. The first-order valence-corrected chi connectivity index (χ1v) is 10.2. The fourth-order valence-corrected chi connectivity index (χ4v) is 4.60. The summed E-state index contributed by atoms with van der Waals surface area (Å²) in [6, 6.07) is 10.1. The van der Waals surface area contributed by atoms with Gasteiger partial charge < -0.3 is 5.32 Å². The summed E-state index contributed by atoms with van der Waals surface area (Å²) in [6.45, 7) is 0. The molecule has 1 aromatic heterocycles. The molecule has 3 nitrogen and oxygen atoms in total. The third kappa shape index (κ3) is 4.36. The molecule has 1 aromatic carbocycles. The molecular weight excluding hydrogens is 324 g/mol. The van der Waals surface area contributed by atoms with E-state index in [9.17, 15) is 4.79 Å². The smallest absolute Gasteiger partial charge is 0.225 e. The number of nitrogens with one attached hydrogen (secondary N) is 1. The molecule has 0 saturated heterocycles. The third-order valence-electron chi connectivity index (χ3n) is 4.28. The lowest BCUT2D eigenvalue weighted by atomic mass is 9.87. The van der Waals surface area contributed by atoms with Gasteiger partial charge in [0.25, 0.3) is 0 Å². The molecule has 122 valence electrons. The maximum Gasteiger partial charge on any atom is 0.225 e. The highest BCUT2D eigenvalue weighted by atomic mass is 32.2. The predicted octanol–water partition coefficient (Wildman–Crippen LogP) is 5.44. The van der Waals surface area contributed by atoms with Gasteiger partial charge in [-0.25, -0.2) is 4.98 Å². The van der Waals surface area contributed by atoms with Crippen molar-refractivity contribution in [1.82, 2.24) is 4.98 Å². The quantitative estimate of drug-likeness (QED) is 0.733. The number of nitrogens with zero attached hydrogens (tertiary/aromatic N) is 1. The van der Waals surface area contributed by atoms with Crippen molar-refractivity contribution < 1.29 is 4.79 Å². The molecule has 3 rings (SSSR count). The van der Waals surface area contributed by atoms with Gasteiger partial charge in [-0.05, 0) is 25.0 Å². The van der Waals surface area contributed by atoms with E-state index in [2.05, 4.69) is 10.3 Å². The summed E-state index contributed by atoms with van der Waals surface area (Å²) in [6.07, 6.45) is 8.90. The minimum atomic E-state index is 0.130. The van der Waals surface area contributed by atoms with E-state index in [0.29, 0.717) is 12.3 Å². The van der Waals surface area contributed by atoms with Crippen molar-refractivity contribution in [3.63, 3.8) is 0 Å². The highest BCUT2D eigenvalue weighted by molar-refractivity contribution is 8.00. The summed E-state index contributed by atoms with van der Waals surface area (Å²) in [5.74, 6) is 0.683. The van der Waals surface area contributed by atoms with Crippen LogP contribution in [0, 0.1) is 5.92 Å². The molecular formula is C18H22N2OS2. The van der Waals surface area contributed by atoms with Gasteiger partial charge in [-0.15, -0.1) is 0 Å². The maximum absolute atomic E-state index is 12.4. The molecule has 1 N–H and O–H groups in total. The van der Waals surface area contributed by atoms with Crippen LogP contribution in [0.25, 0.3) is 11.3 Å². The molecule has 1 aliphatic carbocycles. The molecule has 0 unspecified atom stereocenters. The lowest BCUT2D eigenvalue weighted by molar-refractivity contribution is -0.117. The van der Waals surface area contributed by atoms with Crippen LogP contribution in [-0.2, 0) is 4.79 Å². The first kappa shape index (κ1) is 16.5. The monoisotopic (exact) mass is 346 g/mol. The topological polar surface area (TPSA) is 42.0 Å². The van der Waals surface area contributed by atoms with Crippen molar-refractivity contribution in [3.05, 3.63) is 30.3 Å². The second-order valence-electron chi connectivity index (χ2n) is 5.98. The van der Waals surface area contributed by atoms with Crippen molar-refractivity contribution in [3.8, 4) is 11.3 Å². The Morgan fingerprint density at radius 1 is 1.26 bits per heavy atom. The number of amides is 1. The first-order valence-electron chi connectivity index (χ1n) is 8.16. The normalized spacial score (nSPS) is 15.5. The Labute approximate surface area is 145 Å². The summed E-state index contributed by atoms with van der Waals surface area (Å²) in [7, 11) is 0. The number of hydrogen-bond donors (Lipinski definition) is 1. The van der Waals surface area contributed by atoms with Gasteiger partial charge in [0, 0.05) is 12.0 Å². The van der Waals surface area contributed by atoms with Crippen LogP contribution in [0.3, 0.4) is 0 Å². The number of anilines is 1. The van der Waals surface area contributed by atoms with E-state index in [4.69, 9.17) is 0 Å². The maximum atomic E-state index is 12.4. The van der Waals surface area contributed by atoms with Gasteiger partial charge >= 0.3 is 0 Å². The van der Waals surface area contributed by atoms with Gasteiger partial charge in [0.05, 0.1) is 0 Å². The molecule has 0 bridgehead atoms. The third-order valence-corrected chi connectivity index (χ3v) is 6.24. The number of thioether (sulfide) groups is 1. The number of carbonyl (C=O) groups is 1. The molecule has 0 aliphatic heterocycles. The van der Waals surface area contributed by atoms with Crippen LogP contribution in [0.5, 0.6) is 0 Å². The highest BCUT2D eigenvalue weighted by Gasteiger charge is 2.19. The SMILES string of the molecule is CSc1nc(-c2ccccc2)c(NC(=O)CC2CCCCC2)s1. The lowest BCUT2D eigenvalue weighted by Crippen LogP contribution is -2.18. The molecule has 1 amide bonds. The van der Waals surface area contributed by atoms with E-state index in [1.165, 1.54) is 32.1 Å². The minimum absolute atomic E-state index is 0.130. The second-order valence-corrected chi connectivity index (χ2v) is 8.04. The van der Waals surface area contributed by atoms with Crippen LogP contribution < -0.4 is 5.32 Å². The van der Waals surface area contributed by atoms with E-state index in [1.807, 2.05) is 36.6 Å². The highest BCUT2D eigenvalue weighted by Crippen LogP contribution is 2.37. The van der Waals surface area contributed by atoms with E-state index < -0.39 is 0 Å². The van der Waals surface area contributed by atoms with Crippen LogP contribution in [-0.4, -0.2) is 17.1 Å². The van der Waals surface area contributed by atoms with E-state index in [0.717, 1.165) is 20.6 Å². The Balaban J connectivity index is 1.73. The predicted molar refractivity (Wildman–Crippen MR) is 99.2 cm³/mol. The molecule has 5 heteroatoms. The van der Waals surface area contributed by atoms with Crippen LogP contribution in [0.1, 0.15) is 38.5 Å². The fraction of sp³-hybridized carbons (Fsp3) is 0.444. The number of thiazole rings is 1. The summed E-state index contributed by atoms with van der Waals surface area (Å²) < 4.78 is 0.983. The Bertz CT molecular complexity index is 648. The second kappa shape index (κ2) is 7.97. The number of aromatic nitrogens is 1. The van der Waals surface area contributed by atoms with Crippen molar-refractivity contribution in [1.29, 1.82) is 0 Å². The number of hydrogen-bond acceptors (Lipinski definition) is 4. The molecule has 1 fully saturated rings. The van der Waals surface area contributed by atoms with E-state index in [-0.39, 0.29) is 5.91 Å². The van der Waals surface area contributed by atoms with Gasteiger partial charge in [-0.1, -0.05) is 72.7 Å². The van der Waals surface area contributed by atoms with Gasteiger partial charge in [0.2, 0.25) is 5.91 Å². The average molecular weight is 347 g/mol. The number of benzene rings is 1. The summed E-state index contributed by atoms with van der Waals surface area (Å²) in [5, 5.41) is 3.99. The van der Waals surface area contributed by atoms with Crippen LogP contribution in [0.15, 0.2) is 34.7 Å². The summed E-state index contributed by atoms with van der Waals surface area (Å²) in [4.78, 5) is 17.1. The standard InChI is InChI=1S/C18H22N2OS2/c1-22-18-20-16(14-10-6-3-7-11-14)17(23-18)19-15(21)12-13-8-4-2-5-9-13/h3,6-7,10-11,13H,2,4-5,8-9,12H2,1H3,(H,19,21). The van der Waals surface area contributed by atoms with Crippen molar-refractivity contribution in [2.45, 2.75) is 42.9 Å². The number of rotatable bonds is 5. The van der Waals surface area contributed by atoms with Gasteiger partial charge in [0.1, 0.15) is 10.7 Å². The number of carbonyl (C=O) groups excluding carboxylic acids is 1. The summed E-state index contributed by atoms with van der Waals surface area (Å²) >= 11 is 3.18. The van der Waals surface area contributed by atoms with Gasteiger partial charge in [-0.2, -0.15) is 0 Å². The Morgan fingerprint density at radius 2 is 2.00 bits per heavy atom. The van der Waals surface area contributed by atoms with Gasteiger partial charge in [0.15, 0.2) is 4.34 Å². The molecule has 1 heterocycles. The molecule has 0 atom stereocenters. The lowest BCUT2D eigenvalue weighted by Gasteiger charge is -2.20. The van der Waals surface area contributed by atoms with Gasteiger partial charge in [-0.3, -0.25) is 4.79 Å². The molecule has 1 saturated carbocycles. The zero-order valence-corrected chi connectivity index (χ0v) is 15.0. The zero-order valence-electron chi connectivity index (χ0n) is 13.4. The fourth-order valence-electron chi connectivity index (χ4n) is 3.10. The van der Waals surface area contributed by atoms with Crippen LogP contribution >= 0.6 is 23.1 Å². The van der Waals surface area contributed by atoms with Crippen molar-refractivity contribution in [2.24, 2.45) is 5.92 Å². The largest absolute Gasteiger partial charge is 0.316 e. The van der Waals surface area contributed by atoms with Crippen molar-refractivity contribution in [2.75, 3.05) is 11.6 Å². The van der Waals surface area contributed by atoms with E-state index in [1.54, 1.807) is 23.1 Å². The molecule has 2 aromatic rings. The summed E-state index contributed by atoms with van der Waals surface area (Å²) in [5.41, 5.74) is 1.94. The van der Waals surface area contributed by atoms with Crippen LogP contribution in [0.2, 0.25) is 0 Å². The molecule has 0 spiro atoms. The molecule has 0 radical (unpaired) electrons. The Hall–Kier alpha value is -1.33. The average Bonchev–Trinajstić information content (AvgIpc) is 2.99. The first-order chi connectivity index (χ1) is 11.3. The zero-order chi connectivity index (χ0) is 16.1. The Morgan fingerprint density at radius 3 is 2.70 bits per heavy atom. The Kier molecular flexibility index (Phi) is 5.73. The van der Waals surface area contributed by atoms with Crippen molar-refractivity contribution >= 4 is 34.0 Å². The van der Waals surface area contributed by atoms with Crippen LogP contribution in [0.4, 0.5) is 5.00 Å².